The van der Waals surface area contributed by atoms with Crippen molar-refractivity contribution in [3.63, 3.8) is 0 Å². The van der Waals surface area contributed by atoms with Gasteiger partial charge < -0.3 is 19.5 Å². The molecule has 2 aliphatic rings. The lowest BCUT2D eigenvalue weighted by atomic mass is 9.80. The summed E-state index contributed by atoms with van der Waals surface area (Å²) in [5.41, 5.74) is 0.798. The highest BCUT2D eigenvalue weighted by atomic mass is 16.3. The van der Waals surface area contributed by atoms with Crippen LogP contribution in [0.1, 0.15) is 12.8 Å². The fourth-order valence-corrected chi connectivity index (χ4v) is 4.38. The summed E-state index contributed by atoms with van der Waals surface area (Å²) < 4.78 is 2.03. The number of anilines is 1. The third-order valence-corrected chi connectivity index (χ3v) is 5.83. The molecule has 2 aromatic rings. The van der Waals surface area contributed by atoms with E-state index in [1.807, 2.05) is 23.7 Å². The highest BCUT2D eigenvalue weighted by Crippen LogP contribution is 2.33. The number of pyridine rings is 2. The van der Waals surface area contributed by atoms with Gasteiger partial charge in [0.2, 0.25) is 0 Å². The average molecular weight is 342 g/mol. The summed E-state index contributed by atoms with van der Waals surface area (Å²) in [5, 5.41) is 9.84. The molecule has 0 radical (unpaired) electrons. The van der Waals surface area contributed by atoms with Gasteiger partial charge in [-0.2, -0.15) is 0 Å². The zero-order chi connectivity index (χ0) is 17.4. The Morgan fingerprint density at radius 1 is 1.28 bits per heavy atom. The first-order valence-electron chi connectivity index (χ1n) is 9.20. The van der Waals surface area contributed by atoms with Crippen LogP contribution in [0.5, 0.6) is 0 Å². The molecule has 2 saturated heterocycles. The van der Waals surface area contributed by atoms with Crippen LogP contribution in [0, 0.1) is 11.8 Å². The minimum absolute atomic E-state index is 0.0476. The number of β-amino-alcohol motifs (C(OH)–C–C–N with tert-alkyl or cyclic N) is 1. The first-order valence-corrected chi connectivity index (χ1v) is 9.20. The van der Waals surface area contributed by atoms with Crippen LogP contribution in [0.25, 0.3) is 11.0 Å². The van der Waals surface area contributed by atoms with Gasteiger partial charge >= 0.3 is 0 Å². The van der Waals surface area contributed by atoms with Crippen LogP contribution in [-0.4, -0.2) is 58.9 Å². The summed E-state index contributed by atoms with van der Waals surface area (Å²) in [6.07, 6.45) is 4.24. The van der Waals surface area contributed by atoms with Crippen molar-refractivity contribution in [3.8, 4) is 0 Å². The predicted molar refractivity (Wildman–Crippen MR) is 98.9 cm³/mol. The van der Waals surface area contributed by atoms with Gasteiger partial charge in [0, 0.05) is 45.5 Å². The minimum Gasteiger partial charge on any atom is -0.395 e. The Hall–Kier alpha value is -1.92. The molecule has 0 aromatic carbocycles. The van der Waals surface area contributed by atoms with Crippen molar-refractivity contribution in [2.75, 3.05) is 44.2 Å². The summed E-state index contributed by atoms with van der Waals surface area (Å²) in [4.78, 5) is 21.5. The number of aromatic nitrogens is 2. The van der Waals surface area contributed by atoms with Crippen LogP contribution >= 0.6 is 0 Å². The van der Waals surface area contributed by atoms with Gasteiger partial charge in [-0.15, -0.1) is 0 Å². The number of hydrogen-bond donors (Lipinski definition) is 1. The third kappa shape index (κ3) is 3.04. The van der Waals surface area contributed by atoms with E-state index in [2.05, 4.69) is 14.8 Å². The van der Waals surface area contributed by atoms with Crippen LogP contribution in [0.4, 0.5) is 5.82 Å². The van der Waals surface area contributed by atoms with E-state index in [1.54, 1.807) is 12.3 Å². The van der Waals surface area contributed by atoms with Crippen LogP contribution in [0.2, 0.25) is 0 Å². The van der Waals surface area contributed by atoms with E-state index >= 15 is 0 Å². The van der Waals surface area contributed by atoms with E-state index in [-0.39, 0.29) is 12.0 Å². The number of piperidine rings is 1. The number of aliphatic hydroxyl groups is 1. The van der Waals surface area contributed by atoms with Gasteiger partial charge in [0.05, 0.1) is 12.0 Å². The van der Waals surface area contributed by atoms with Crippen molar-refractivity contribution >= 4 is 16.9 Å². The van der Waals surface area contributed by atoms with Crippen molar-refractivity contribution in [2.45, 2.75) is 12.8 Å². The van der Waals surface area contributed by atoms with Crippen molar-refractivity contribution < 1.29 is 5.11 Å². The first kappa shape index (κ1) is 16.5. The number of fused-ring (bicyclic) bond motifs is 1. The maximum atomic E-state index is 12.4. The molecule has 25 heavy (non-hydrogen) atoms. The molecule has 4 heterocycles. The predicted octanol–water partition coefficient (Wildman–Crippen LogP) is 1.07. The van der Waals surface area contributed by atoms with Gasteiger partial charge in [-0.25, -0.2) is 4.98 Å². The second-order valence-electron chi connectivity index (χ2n) is 7.39. The summed E-state index contributed by atoms with van der Waals surface area (Å²) in [6, 6.07) is 5.40. The summed E-state index contributed by atoms with van der Waals surface area (Å²) in [5.74, 6) is 2.35. The van der Waals surface area contributed by atoms with Crippen LogP contribution in [0.15, 0.2) is 29.2 Å². The molecular formula is C19H26N4O2. The van der Waals surface area contributed by atoms with Gasteiger partial charge in [-0.1, -0.05) is 0 Å². The van der Waals surface area contributed by atoms with Gasteiger partial charge in [-0.05, 0) is 43.4 Å². The Morgan fingerprint density at radius 2 is 2.12 bits per heavy atom. The lowest BCUT2D eigenvalue weighted by Crippen LogP contribution is -2.54. The summed E-state index contributed by atoms with van der Waals surface area (Å²) >= 11 is 0. The smallest absolute Gasteiger partial charge is 0.193 e. The fraction of sp³-hybridized carbons (Fsp3) is 0.579. The van der Waals surface area contributed by atoms with Crippen molar-refractivity contribution in [1.29, 1.82) is 0 Å². The average Bonchev–Trinajstić information content (AvgIpc) is 2.59. The lowest BCUT2D eigenvalue weighted by Gasteiger charge is -2.47. The number of aliphatic hydroxyl groups excluding tert-OH is 1. The number of hydrogen-bond acceptors (Lipinski definition) is 5. The minimum atomic E-state index is 0.0476. The Bertz CT molecular complexity index is 811. The van der Waals surface area contributed by atoms with E-state index in [1.165, 1.54) is 12.8 Å². The second kappa shape index (κ2) is 6.77. The maximum absolute atomic E-state index is 12.4. The van der Waals surface area contributed by atoms with Gasteiger partial charge in [0.25, 0.3) is 0 Å². The van der Waals surface area contributed by atoms with Crippen molar-refractivity contribution in [2.24, 2.45) is 18.9 Å². The quantitative estimate of drug-likeness (QED) is 0.901. The zero-order valence-corrected chi connectivity index (χ0v) is 14.8. The van der Waals surface area contributed by atoms with Gasteiger partial charge in [-0.3, -0.25) is 4.79 Å². The molecule has 0 aliphatic carbocycles. The molecule has 0 amide bonds. The summed E-state index contributed by atoms with van der Waals surface area (Å²) in [6.45, 7) is 5.25. The Labute approximate surface area is 147 Å². The highest BCUT2D eigenvalue weighted by Gasteiger charge is 2.36. The number of aryl methyl sites for hydroxylation is 1. The molecule has 2 aliphatic heterocycles. The SMILES string of the molecule is Cn1c(N2CC([C@H]3CCCN(CCO)C3)C2)cc(=O)c2cccnc21. The molecule has 6 nitrogen and oxygen atoms in total. The van der Waals surface area contributed by atoms with E-state index < -0.39 is 0 Å². The molecule has 4 rings (SSSR count). The van der Waals surface area contributed by atoms with Crippen molar-refractivity contribution in [3.05, 3.63) is 34.6 Å². The highest BCUT2D eigenvalue weighted by molar-refractivity contribution is 5.77. The third-order valence-electron chi connectivity index (χ3n) is 5.83. The Balaban J connectivity index is 1.48. The molecule has 1 N–H and O–H groups in total. The largest absolute Gasteiger partial charge is 0.395 e. The van der Waals surface area contributed by atoms with E-state index in [4.69, 9.17) is 5.11 Å². The van der Waals surface area contributed by atoms with Crippen LogP contribution in [-0.2, 0) is 7.05 Å². The first-order chi connectivity index (χ1) is 12.2. The molecule has 2 fully saturated rings. The van der Waals surface area contributed by atoms with Gasteiger partial charge in [0.15, 0.2) is 5.43 Å². The van der Waals surface area contributed by atoms with E-state index in [9.17, 15) is 4.79 Å². The van der Waals surface area contributed by atoms with Crippen molar-refractivity contribution in [1.82, 2.24) is 14.5 Å². The molecule has 6 heteroatoms. The Kier molecular flexibility index (Phi) is 4.48. The van der Waals surface area contributed by atoms with Crippen LogP contribution < -0.4 is 10.3 Å². The van der Waals surface area contributed by atoms with E-state index in [0.29, 0.717) is 17.2 Å². The molecule has 134 valence electrons. The van der Waals surface area contributed by atoms with Crippen LogP contribution in [0.3, 0.4) is 0 Å². The molecular weight excluding hydrogens is 316 g/mol. The number of likely N-dealkylation sites (tertiary alicyclic amines) is 1. The van der Waals surface area contributed by atoms with Gasteiger partial charge in [0.1, 0.15) is 11.5 Å². The lowest BCUT2D eigenvalue weighted by molar-refractivity contribution is 0.101. The number of rotatable bonds is 4. The number of nitrogens with zero attached hydrogens (tertiary/aromatic N) is 4. The summed E-state index contributed by atoms with van der Waals surface area (Å²) in [7, 11) is 1.99. The molecule has 0 spiro atoms. The second-order valence-corrected chi connectivity index (χ2v) is 7.39. The standard InChI is InChI=1S/C19H26N4O2/c1-21-18(10-17(25)16-5-2-6-20-19(16)21)23-12-15(13-23)14-4-3-7-22(11-14)8-9-24/h2,5-6,10,14-15,24H,3-4,7-9,11-13H2,1H3/t14-/m0/s1. The zero-order valence-electron chi connectivity index (χ0n) is 14.8. The monoisotopic (exact) mass is 342 g/mol. The fourth-order valence-electron chi connectivity index (χ4n) is 4.38. The maximum Gasteiger partial charge on any atom is 0.193 e. The topological polar surface area (TPSA) is 61.6 Å². The molecule has 0 unspecified atom stereocenters. The molecule has 1 atom stereocenters. The molecule has 2 aromatic heterocycles. The molecule has 0 saturated carbocycles. The van der Waals surface area contributed by atoms with E-state index in [0.717, 1.165) is 44.2 Å². The Morgan fingerprint density at radius 3 is 2.92 bits per heavy atom. The normalized spacial score (nSPS) is 22.3. The molecule has 0 bridgehead atoms.